The van der Waals surface area contributed by atoms with Crippen LogP contribution in [0.2, 0.25) is 0 Å². The normalized spacial score (nSPS) is 18.1. The summed E-state index contributed by atoms with van der Waals surface area (Å²) in [5.41, 5.74) is 0. The number of benzene rings is 1. The third-order valence-electron chi connectivity index (χ3n) is 3.75. The summed E-state index contributed by atoms with van der Waals surface area (Å²) in [7, 11) is 0. The van der Waals surface area contributed by atoms with E-state index in [4.69, 9.17) is 4.99 Å². The van der Waals surface area contributed by atoms with Crippen molar-refractivity contribution in [2.24, 2.45) is 4.99 Å². The Morgan fingerprint density at radius 2 is 2.04 bits per heavy atom. The highest BCUT2D eigenvalue weighted by Gasteiger charge is 2.19. The predicted molar refractivity (Wildman–Crippen MR) is 102 cm³/mol. The Hall–Kier alpha value is -0.720. The maximum Gasteiger partial charge on any atom is 0.193 e. The van der Waals surface area contributed by atoms with Crippen LogP contribution in [0.3, 0.4) is 0 Å². The molecule has 1 unspecified atom stereocenters. The zero-order valence-electron chi connectivity index (χ0n) is 13.8. The molecule has 0 amide bonds. The molecule has 0 radical (unpaired) electrons. The zero-order chi connectivity index (χ0) is 16.7. The molecule has 0 aliphatic carbocycles. The van der Waals surface area contributed by atoms with E-state index in [9.17, 15) is 5.11 Å². The number of guanidine groups is 1. The lowest BCUT2D eigenvalue weighted by Gasteiger charge is -2.32. The third-order valence-corrected chi connectivity index (χ3v) is 5.37. The first kappa shape index (κ1) is 18.6. The smallest absolute Gasteiger partial charge is 0.193 e. The van der Waals surface area contributed by atoms with Gasteiger partial charge in [-0.25, -0.2) is 0 Å². The number of nitrogens with one attached hydrogen (secondary N) is 1. The molecule has 1 aromatic rings. The lowest BCUT2D eigenvalue weighted by molar-refractivity contribution is 0.108. The number of rotatable bonds is 5. The number of likely N-dealkylation sites (tertiary alicyclic amines) is 1. The van der Waals surface area contributed by atoms with E-state index in [0.717, 1.165) is 49.5 Å². The van der Waals surface area contributed by atoms with E-state index in [2.05, 4.69) is 64.3 Å². The first-order chi connectivity index (χ1) is 11.1. The number of hydrogen-bond acceptors (Lipinski definition) is 3. The van der Waals surface area contributed by atoms with Crippen molar-refractivity contribution in [3.05, 3.63) is 28.7 Å². The topological polar surface area (TPSA) is 47.9 Å². The van der Waals surface area contributed by atoms with E-state index >= 15 is 0 Å². The predicted octanol–water partition coefficient (Wildman–Crippen LogP) is 3.35. The third kappa shape index (κ3) is 6.36. The number of aliphatic hydroxyl groups excluding tert-OH is 1. The molecule has 6 heteroatoms. The maximum atomic E-state index is 9.65. The minimum absolute atomic E-state index is 0.152. The second-order valence-electron chi connectivity index (χ2n) is 5.80. The standard InChI is InChI=1S/C17H26BrN3OS/c1-3-19-17(21-10-8-15(22)9-11-21)20-12-13(2)23-16-6-4-14(18)5-7-16/h4-7,13,15,22H,3,8-12H2,1-2H3,(H,19,20). The monoisotopic (exact) mass is 399 g/mol. The van der Waals surface area contributed by atoms with E-state index in [0.29, 0.717) is 5.25 Å². The molecule has 2 rings (SSSR count). The minimum Gasteiger partial charge on any atom is -0.393 e. The van der Waals surface area contributed by atoms with Crippen LogP contribution < -0.4 is 5.32 Å². The quantitative estimate of drug-likeness (QED) is 0.452. The Bertz CT molecular complexity index is 501. The molecule has 0 spiro atoms. The van der Waals surface area contributed by atoms with Crippen molar-refractivity contribution in [1.82, 2.24) is 10.2 Å². The molecule has 1 aliphatic heterocycles. The van der Waals surface area contributed by atoms with Crippen molar-refractivity contribution in [3.8, 4) is 0 Å². The molecule has 1 heterocycles. The molecule has 4 nitrogen and oxygen atoms in total. The average Bonchev–Trinajstić information content (AvgIpc) is 2.54. The van der Waals surface area contributed by atoms with Gasteiger partial charge >= 0.3 is 0 Å². The summed E-state index contributed by atoms with van der Waals surface area (Å²) in [4.78, 5) is 8.32. The highest BCUT2D eigenvalue weighted by Crippen LogP contribution is 2.25. The molecule has 1 atom stereocenters. The van der Waals surface area contributed by atoms with Crippen molar-refractivity contribution in [2.45, 2.75) is 42.9 Å². The van der Waals surface area contributed by atoms with E-state index in [1.165, 1.54) is 4.90 Å². The molecule has 23 heavy (non-hydrogen) atoms. The number of aliphatic hydroxyl groups is 1. The van der Waals surface area contributed by atoms with Gasteiger partial charge < -0.3 is 15.3 Å². The Labute approximate surface area is 151 Å². The van der Waals surface area contributed by atoms with Gasteiger partial charge in [0.25, 0.3) is 0 Å². The van der Waals surface area contributed by atoms with Gasteiger partial charge in [0.15, 0.2) is 5.96 Å². The maximum absolute atomic E-state index is 9.65. The first-order valence-corrected chi connectivity index (χ1v) is 9.89. The molecule has 2 N–H and O–H groups in total. The van der Waals surface area contributed by atoms with Crippen molar-refractivity contribution in [1.29, 1.82) is 0 Å². The van der Waals surface area contributed by atoms with Crippen LogP contribution in [0.1, 0.15) is 26.7 Å². The van der Waals surface area contributed by atoms with Crippen molar-refractivity contribution < 1.29 is 5.11 Å². The number of halogens is 1. The fraction of sp³-hybridized carbons (Fsp3) is 0.588. The molecule has 128 valence electrons. The molecule has 0 saturated carbocycles. The summed E-state index contributed by atoms with van der Waals surface area (Å²) in [5.74, 6) is 0.975. The number of hydrogen-bond donors (Lipinski definition) is 2. The molecule has 0 bridgehead atoms. The van der Waals surface area contributed by atoms with Crippen LogP contribution in [-0.2, 0) is 0 Å². The molecular formula is C17H26BrN3OS. The summed E-state index contributed by atoms with van der Waals surface area (Å²) >= 11 is 5.31. The Morgan fingerprint density at radius 1 is 1.39 bits per heavy atom. The van der Waals surface area contributed by atoms with Gasteiger partial charge in [0.05, 0.1) is 12.6 Å². The molecular weight excluding hydrogens is 374 g/mol. The van der Waals surface area contributed by atoms with Crippen LogP contribution >= 0.6 is 27.7 Å². The minimum atomic E-state index is -0.152. The molecule has 1 aromatic carbocycles. The first-order valence-electron chi connectivity index (χ1n) is 8.22. The number of thioether (sulfide) groups is 1. The second-order valence-corrected chi connectivity index (χ2v) is 8.22. The fourth-order valence-corrected chi connectivity index (χ4v) is 3.67. The van der Waals surface area contributed by atoms with Crippen LogP contribution in [0, 0.1) is 0 Å². The molecule has 1 aliphatic rings. The van der Waals surface area contributed by atoms with E-state index in [1.54, 1.807) is 0 Å². The highest BCUT2D eigenvalue weighted by atomic mass is 79.9. The summed E-state index contributed by atoms with van der Waals surface area (Å²) < 4.78 is 1.11. The zero-order valence-corrected chi connectivity index (χ0v) is 16.2. The van der Waals surface area contributed by atoms with E-state index < -0.39 is 0 Å². The largest absolute Gasteiger partial charge is 0.393 e. The van der Waals surface area contributed by atoms with Gasteiger partial charge in [-0.3, -0.25) is 4.99 Å². The van der Waals surface area contributed by atoms with Gasteiger partial charge in [0.2, 0.25) is 0 Å². The number of piperidine rings is 1. The molecule has 1 fully saturated rings. The Kier molecular flexibility index (Phi) is 7.73. The van der Waals surface area contributed by atoms with Crippen LogP contribution in [0.5, 0.6) is 0 Å². The fourth-order valence-electron chi connectivity index (χ4n) is 2.50. The molecule has 1 saturated heterocycles. The summed E-state index contributed by atoms with van der Waals surface area (Å²) in [6.45, 7) is 7.70. The molecule has 0 aromatic heterocycles. The van der Waals surface area contributed by atoms with Gasteiger partial charge in [0.1, 0.15) is 0 Å². The van der Waals surface area contributed by atoms with Crippen molar-refractivity contribution >= 4 is 33.7 Å². The summed E-state index contributed by atoms with van der Waals surface area (Å²) in [5, 5.41) is 13.4. The lowest BCUT2D eigenvalue weighted by atomic mass is 10.1. The van der Waals surface area contributed by atoms with Gasteiger partial charge in [-0.05, 0) is 44.0 Å². The van der Waals surface area contributed by atoms with Gasteiger partial charge in [0, 0.05) is 34.3 Å². The number of aliphatic imine (C=N–C) groups is 1. The second kappa shape index (κ2) is 9.55. The highest BCUT2D eigenvalue weighted by molar-refractivity contribution is 9.10. The van der Waals surface area contributed by atoms with E-state index in [-0.39, 0.29) is 6.10 Å². The average molecular weight is 400 g/mol. The SMILES string of the molecule is CCNC(=NCC(C)Sc1ccc(Br)cc1)N1CCC(O)CC1. The van der Waals surface area contributed by atoms with Crippen LogP contribution in [0.25, 0.3) is 0 Å². The van der Waals surface area contributed by atoms with Gasteiger partial charge in [-0.2, -0.15) is 0 Å². The van der Waals surface area contributed by atoms with E-state index in [1.807, 2.05) is 11.8 Å². The van der Waals surface area contributed by atoms with Gasteiger partial charge in [-0.15, -0.1) is 11.8 Å². The Balaban J connectivity index is 1.89. The Morgan fingerprint density at radius 3 is 2.65 bits per heavy atom. The summed E-state index contributed by atoms with van der Waals surface area (Å²) in [6.07, 6.45) is 1.50. The van der Waals surface area contributed by atoms with Crippen molar-refractivity contribution in [2.75, 3.05) is 26.2 Å². The van der Waals surface area contributed by atoms with Crippen LogP contribution in [0.15, 0.2) is 38.6 Å². The van der Waals surface area contributed by atoms with Crippen molar-refractivity contribution in [3.63, 3.8) is 0 Å². The van der Waals surface area contributed by atoms with Gasteiger partial charge in [-0.1, -0.05) is 22.9 Å². The summed E-state index contributed by atoms with van der Waals surface area (Å²) in [6, 6.07) is 8.40. The number of nitrogens with zero attached hydrogens (tertiary/aromatic N) is 2. The van der Waals surface area contributed by atoms with Crippen LogP contribution in [-0.4, -0.2) is 53.5 Å². The lowest BCUT2D eigenvalue weighted by Crippen LogP contribution is -2.46. The van der Waals surface area contributed by atoms with Crippen LogP contribution in [0.4, 0.5) is 0 Å².